The van der Waals surface area contributed by atoms with Crippen molar-refractivity contribution in [3.63, 3.8) is 0 Å². The lowest BCUT2D eigenvalue weighted by atomic mass is 10.0. The van der Waals surface area contributed by atoms with Gasteiger partial charge in [0.25, 0.3) is 5.91 Å². The molecule has 0 radical (unpaired) electrons. The van der Waals surface area contributed by atoms with Crippen LogP contribution in [0.5, 0.6) is 0 Å². The van der Waals surface area contributed by atoms with E-state index in [9.17, 15) is 9.59 Å². The number of aromatic nitrogens is 5. The second kappa shape index (κ2) is 12.5. The Bertz CT molecular complexity index is 1580. The lowest BCUT2D eigenvalue weighted by Crippen LogP contribution is -2.46. The first-order chi connectivity index (χ1) is 20.6. The van der Waals surface area contributed by atoms with E-state index < -0.39 is 0 Å². The van der Waals surface area contributed by atoms with Crippen LogP contribution in [-0.4, -0.2) is 87.1 Å². The number of rotatable bonds is 8. The maximum absolute atomic E-state index is 13.0. The Morgan fingerprint density at radius 3 is 2.79 bits per heavy atom. The normalized spacial score (nSPS) is 17.6. The number of anilines is 2. The summed E-state index contributed by atoms with van der Waals surface area (Å²) in [6, 6.07) is 9.48. The molecule has 0 spiro atoms. The third-order valence-electron chi connectivity index (χ3n) is 7.51. The average Bonchev–Trinajstić information content (AvgIpc) is 3.47. The van der Waals surface area contributed by atoms with E-state index in [2.05, 4.69) is 51.9 Å². The highest BCUT2D eigenvalue weighted by molar-refractivity contribution is 6.03. The van der Waals surface area contributed by atoms with Crippen molar-refractivity contribution in [1.82, 2.24) is 35.1 Å². The van der Waals surface area contributed by atoms with Crippen LogP contribution < -0.4 is 15.5 Å². The van der Waals surface area contributed by atoms with Crippen LogP contribution in [0.1, 0.15) is 28.9 Å². The first-order valence-electron chi connectivity index (χ1n) is 14.1. The van der Waals surface area contributed by atoms with Gasteiger partial charge in [0.15, 0.2) is 0 Å². The topological polar surface area (TPSA) is 141 Å². The molecular weight excluding hydrogens is 534 g/mol. The van der Waals surface area contributed by atoms with Crippen LogP contribution in [0.15, 0.2) is 61.7 Å². The van der Waals surface area contributed by atoms with E-state index in [4.69, 9.17) is 4.74 Å². The number of nitrogens with zero attached hydrogens (tertiary/aromatic N) is 6. The fourth-order valence-electron chi connectivity index (χ4n) is 5.45. The molecule has 4 aromatic heterocycles. The van der Waals surface area contributed by atoms with Gasteiger partial charge in [-0.15, -0.1) is 0 Å². The molecule has 0 aromatic carbocycles. The van der Waals surface area contributed by atoms with E-state index in [-0.39, 0.29) is 17.9 Å². The summed E-state index contributed by atoms with van der Waals surface area (Å²) in [7, 11) is 0. The second-order valence-electron chi connectivity index (χ2n) is 10.5. The molecule has 1 atom stereocenters. The van der Waals surface area contributed by atoms with Gasteiger partial charge in [0.05, 0.1) is 41.9 Å². The van der Waals surface area contributed by atoms with Crippen LogP contribution in [0.3, 0.4) is 0 Å². The first kappa shape index (κ1) is 27.5. The van der Waals surface area contributed by atoms with Crippen LogP contribution in [0.25, 0.3) is 22.4 Å². The van der Waals surface area contributed by atoms with E-state index in [1.54, 1.807) is 24.8 Å². The highest BCUT2D eigenvalue weighted by atomic mass is 16.5. The van der Waals surface area contributed by atoms with Crippen LogP contribution in [0.2, 0.25) is 0 Å². The van der Waals surface area contributed by atoms with Gasteiger partial charge in [0, 0.05) is 38.4 Å². The summed E-state index contributed by atoms with van der Waals surface area (Å²) in [4.78, 5) is 50.3. The molecule has 0 saturated carbocycles. The minimum absolute atomic E-state index is 0.0911. The molecular formula is C30H33N9O3. The van der Waals surface area contributed by atoms with Crippen molar-refractivity contribution in [2.24, 2.45) is 0 Å². The molecule has 3 N–H and O–H groups in total. The number of piperidine rings is 1. The third kappa shape index (κ3) is 6.29. The van der Waals surface area contributed by atoms with Crippen molar-refractivity contribution in [1.29, 1.82) is 0 Å². The predicted octanol–water partition coefficient (Wildman–Crippen LogP) is 2.77. The van der Waals surface area contributed by atoms with Gasteiger partial charge < -0.3 is 25.3 Å². The highest BCUT2D eigenvalue weighted by Gasteiger charge is 2.22. The fraction of sp³-hybridized carbons (Fsp3) is 0.333. The predicted molar refractivity (Wildman–Crippen MR) is 159 cm³/mol. The van der Waals surface area contributed by atoms with Gasteiger partial charge in [0.1, 0.15) is 23.5 Å². The lowest BCUT2D eigenvalue weighted by Gasteiger charge is -2.33. The number of aromatic amines is 1. The summed E-state index contributed by atoms with van der Waals surface area (Å²) in [6.07, 6.45) is 8.07. The number of carbonyl (C=O) groups is 2. The van der Waals surface area contributed by atoms with E-state index in [0.717, 1.165) is 72.8 Å². The van der Waals surface area contributed by atoms with Gasteiger partial charge in [0.2, 0.25) is 5.91 Å². The molecule has 0 bridgehead atoms. The van der Waals surface area contributed by atoms with Crippen molar-refractivity contribution in [2.75, 3.05) is 49.6 Å². The number of carbonyl (C=O) groups excluding carboxylic acids is 2. The minimum Gasteiger partial charge on any atom is -0.378 e. The first-order valence-corrected chi connectivity index (χ1v) is 14.1. The summed E-state index contributed by atoms with van der Waals surface area (Å²) in [5.74, 6) is 0.418. The Balaban J connectivity index is 1.10. The van der Waals surface area contributed by atoms with Crippen LogP contribution in [0.4, 0.5) is 11.5 Å². The van der Waals surface area contributed by atoms with E-state index in [0.29, 0.717) is 31.1 Å². The Morgan fingerprint density at radius 1 is 1.10 bits per heavy atom. The van der Waals surface area contributed by atoms with Crippen LogP contribution >= 0.6 is 0 Å². The number of fused-ring (bicyclic) bond motifs is 1. The molecule has 2 aliphatic heterocycles. The number of pyridine rings is 2. The van der Waals surface area contributed by atoms with Crippen molar-refractivity contribution in [3.8, 4) is 11.4 Å². The number of likely N-dealkylation sites (tertiary alicyclic amines) is 1. The largest absolute Gasteiger partial charge is 0.378 e. The Kier molecular flexibility index (Phi) is 8.15. The van der Waals surface area contributed by atoms with Gasteiger partial charge in [-0.1, -0.05) is 6.58 Å². The average molecular weight is 568 g/mol. The van der Waals surface area contributed by atoms with Crippen LogP contribution in [0, 0.1) is 0 Å². The summed E-state index contributed by atoms with van der Waals surface area (Å²) >= 11 is 0. The SMILES string of the molecule is C=CC(=O)N[C@@H]1CCCN(Cc2ccnc(C(=O)Nc3ccc(-c4cc5c(N6CCOCC6)ncnc5[nH]4)nc3)c2)C1. The molecule has 12 nitrogen and oxygen atoms in total. The molecule has 0 aliphatic carbocycles. The van der Waals surface area contributed by atoms with Crippen molar-refractivity contribution in [2.45, 2.75) is 25.4 Å². The van der Waals surface area contributed by atoms with Crippen molar-refractivity contribution >= 4 is 34.4 Å². The van der Waals surface area contributed by atoms with Gasteiger partial charge >= 0.3 is 0 Å². The standard InChI is InChI=1S/C30H33N9O3/c1-2-27(40)35-22-4-3-9-38(18-22)17-20-7-8-31-26(14-20)30(41)36-21-5-6-24(32-16-21)25-15-23-28(37-25)33-19-34-29(23)39-10-12-42-13-11-39/h2,5-8,14-16,19,22H,1,3-4,9-13,17-18H2,(H,35,40)(H,36,41)(H,33,34,37)/t22-/m1/s1. The molecule has 0 unspecified atom stereocenters. The second-order valence-corrected chi connectivity index (χ2v) is 10.5. The van der Waals surface area contributed by atoms with Crippen molar-refractivity contribution in [3.05, 3.63) is 73.0 Å². The molecule has 4 aromatic rings. The van der Waals surface area contributed by atoms with Gasteiger partial charge in [-0.25, -0.2) is 9.97 Å². The molecule has 216 valence electrons. The third-order valence-corrected chi connectivity index (χ3v) is 7.51. The smallest absolute Gasteiger partial charge is 0.274 e. The van der Waals surface area contributed by atoms with E-state index in [1.807, 2.05) is 24.3 Å². The lowest BCUT2D eigenvalue weighted by molar-refractivity contribution is -0.117. The number of ether oxygens (including phenoxy) is 1. The number of hydrogen-bond donors (Lipinski definition) is 3. The summed E-state index contributed by atoms with van der Waals surface area (Å²) < 4.78 is 5.48. The van der Waals surface area contributed by atoms with Crippen LogP contribution in [-0.2, 0) is 16.1 Å². The Labute approximate surface area is 243 Å². The highest BCUT2D eigenvalue weighted by Crippen LogP contribution is 2.28. The summed E-state index contributed by atoms with van der Waals surface area (Å²) in [5.41, 5.74) is 4.16. The molecule has 12 heteroatoms. The quantitative estimate of drug-likeness (QED) is 0.274. The number of hydrogen-bond acceptors (Lipinski definition) is 9. The van der Waals surface area contributed by atoms with E-state index >= 15 is 0 Å². The summed E-state index contributed by atoms with van der Waals surface area (Å²) in [5, 5.41) is 6.81. The molecule has 2 amide bonds. The maximum Gasteiger partial charge on any atom is 0.274 e. The molecule has 6 heterocycles. The maximum atomic E-state index is 13.0. The number of nitrogens with one attached hydrogen (secondary N) is 3. The molecule has 2 fully saturated rings. The molecule has 42 heavy (non-hydrogen) atoms. The zero-order valence-corrected chi connectivity index (χ0v) is 23.3. The van der Waals surface area contributed by atoms with Gasteiger partial charge in [-0.3, -0.25) is 24.5 Å². The molecule has 2 saturated heterocycles. The minimum atomic E-state index is -0.308. The zero-order valence-electron chi connectivity index (χ0n) is 23.3. The van der Waals surface area contributed by atoms with Gasteiger partial charge in [-0.05, 0) is 61.4 Å². The number of morpholine rings is 1. The van der Waals surface area contributed by atoms with E-state index in [1.165, 1.54) is 6.08 Å². The Hall–Kier alpha value is -4.68. The summed E-state index contributed by atoms with van der Waals surface area (Å²) in [6.45, 7) is 8.79. The van der Waals surface area contributed by atoms with Gasteiger partial charge in [-0.2, -0.15) is 0 Å². The zero-order chi connectivity index (χ0) is 28.9. The number of amides is 2. The molecule has 6 rings (SSSR count). The van der Waals surface area contributed by atoms with Crippen molar-refractivity contribution < 1.29 is 14.3 Å². The fourth-order valence-corrected chi connectivity index (χ4v) is 5.45. The Morgan fingerprint density at radius 2 is 1.98 bits per heavy atom. The number of H-pyrrole nitrogens is 1. The molecule has 2 aliphatic rings. The monoisotopic (exact) mass is 567 g/mol.